The third-order valence-corrected chi connectivity index (χ3v) is 3.64. The number of benzene rings is 1. The van der Waals surface area contributed by atoms with Crippen molar-refractivity contribution in [3.63, 3.8) is 0 Å². The number of rotatable bonds is 5. The van der Waals surface area contributed by atoms with Gasteiger partial charge in [-0.1, -0.05) is 0 Å². The quantitative estimate of drug-likeness (QED) is 0.900. The first-order valence-corrected chi connectivity index (χ1v) is 7.41. The second-order valence-corrected chi connectivity index (χ2v) is 5.62. The lowest BCUT2D eigenvalue weighted by atomic mass is 10.3. The predicted octanol–water partition coefficient (Wildman–Crippen LogP) is 1.27. The molecule has 2 N–H and O–H groups in total. The number of hydrogen-bond acceptors (Lipinski definition) is 4. The third kappa shape index (κ3) is 3.14. The van der Waals surface area contributed by atoms with E-state index in [2.05, 4.69) is 4.98 Å². The van der Waals surface area contributed by atoms with Gasteiger partial charge in [0.1, 0.15) is 12.4 Å². The Kier molecular flexibility index (Phi) is 4.05. The van der Waals surface area contributed by atoms with E-state index in [0.717, 1.165) is 12.6 Å². The van der Waals surface area contributed by atoms with Crippen molar-refractivity contribution >= 4 is 10.0 Å². The highest BCUT2D eigenvalue weighted by atomic mass is 32.2. The number of nitrogens with zero attached hydrogens (tertiary/aromatic N) is 2. The molecule has 0 amide bonds. The summed E-state index contributed by atoms with van der Waals surface area (Å²) in [7, 11) is -3.92. The molecule has 0 saturated carbocycles. The van der Waals surface area contributed by atoms with Gasteiger partial charge in [-0.15, -0.1) is 0 Å². The minimum absolute atomic E-state index is 0.0527. The lowest BCUT2D eigenvalue weighted by molar-refractivity contribution is 0.275. The number of primary sulfonamides is 1. The van der Waals surface area contributed by atoms with Crippen LogP contribution in [0.3, 0.4) is 0 Å². The highest BCUT2D eigenvalue weighted by Crippen LogP contribution is 2.21. The Balaban J connectivity index is 2.15. The van der Waals surface area contributed by atoms with Crippen molar-refractivity contribution in [2.75, 3.05) is 0 Å². The minimum Gasteiger partial charge on any atom is -0.483 e. The number of ether oxygens (including phenoxy) is 1. The van der Waals surface area contributed by atoms with Crippen molar-refractivity contribution in [1.82, 2.24) is 9.55 Å². The summed E-state index contributed by atoms with van der Waals surface area (Å²) in [5.41, 5.74) is 0. The molecule has 2 aromatic rings. The summed E-state index contributed by atoms with van der Waals surface area (Å²) in [6, 6.07) is 3.26. The molecule has 1 heterocycles. The fraction of sp³-hybridized carbons (Fsp3) is 0.250. The molecule has 0 fully saturated rings. The van der Waals surface area contributed by atoms with Gasteiger partial charge in [-0.05, 0) is 25.1 Å². The van der Waals surface area contributed by atoms with Crippen LogP contribution in [0.15, 0.2) is 35.5 Å². The van der Waals surface area contributed by atoms with E-state index in [1.807, 2.05) is 11.5 Å². The normalized spacial score (nSPS) is 11.6. The monoisotopic (exact) mass is 299 g/mol. The Bertz CT molecular complexity index is 712. The number of imidazole rings is 1. The van der Waals surface area contributed by atoms with Crippen molar-refractivity contribution in [2.24, 2.45) is 5.14 Å². The SMILES string of the molecule is CCn1ccnc1COc1ccc(S(N)(=O)=O)cc1F. The van der Waals surface area contributed by atoms with Crippen LogP contribution >= 0.6 is 0 Å². The molecule has 1 aromatic heterocycles. The lowest BCUT2D eigenvalue weighted by Gasteiger charge is -2.09. The molecule has 0 radical (unpaired) electrons. The molecule has 1 aromatic carbocycles. The first-order chi connectivity index (χ1) is 9.41. The summed E-state index contributed by atoms with van der Waals surface area (Å²) in [4.78, 5) is 3.79. The van der Waals surface area contributed by atoms with Crippen LogP contribution in [-0.4, -0.2) is 18.0 Å². The van der Waals surface area contributed by atoms with E-state index in [0.29, 0.717) is 5.82 Å². The molecule has 0 aliphatic heterocycles. The first kappa shape index (κ1) is 14.5. The topological polar surface area (TPSA) is 87.2 Å². The molecule has 0 atom stereocenters. The lowest BCUT2D eigenvalue weighted by Crippen LogP contribution is -2.12. The standard InChI is InChI=1S/C12H14FN3O3S/c1-2-16-6-5-15-12(16)8-19-11-4-3-9(7-10(11)13)20(14,17)18/h3-7H,2,8H2,1H3,(H2,14,17,18). The summed E-state index contributed by atoms with van der Waals surface area (Å²) in [5.74, 6) is -0.184. The van der Waals surface area contributed by atoms with Crippen LogP contribution in [0.5, 0.6) is 5.75 Å². The first-order valence-electron chi connectivity index (χ1n) is 5.87. The number of sulfonamides is 1. The van der Waals surface area contributed by atoms with Gasteiger partial charge < -0.3 is 9.30 Å². The maximum Gasteiger partial charge on any atom is 0.238 e. The molecule has 108 valence electrons. The van der Waals surface area contributed by atoms with Gasteiger partial charge in [0, 0.05) is 18.9 Å². The highest BCUT2D eigenvalue weighted by Gasteiger charge is 2.13. The molecule has 8 heteroatoms. The number of aryl methyl sites for hydroxylation is 1. The Hall–Kier alpha value is -1.93. The van der Waals surface area contributed by atoms with Gasteiger partial charge in [-0.3, -0.25) is 0 Å². The molecule has 0 aliphatic carbocycles. The van der Waals surface area contributed by atoms with E-state index in [1.165, 1.54) is 12.1 Å². The van der Waals surface area contributed by atoms with Crippen LogP contribution in [0.1, 0.15) is 12.7 Å². The van der Waals surface area contributed by atoms with Crippen LogP contribution in [0.25, 0.3) is 0 Å². The molecule has 0 saturated heterocycles. The van der Waals surface area contributed by atoms with Gasteiger partial charge in [0.2, 0.25) is 10.0 Å². The summed E-state index contributed by atoms with van der Waals surface area (Å²) in [6.07, 6.45) is 3.42. The molecule has 0 bridgehead atoms. The Morgan fingerprint density at radius 1 is 1.45 bits per heavy atom. The van der Waals surface area contributed by atoms with Crippen molar-refractivity contribution in [2.45, 2.75) is 25.0 Å². The van der Waals surface area contributed by atoms with Crippen molar-refractivity contribution in [1.29, 1.82) is 0 Å². The summed E-state index contributed by atoms with van der Waals surface area (Å²) in [5, 5.41) is 4.92. The molecular weight excluding hydrogens is 285 g/mol. The van der Waals surface area contributed by atoms with E-state index < -0.39 is 15.8 Å². The van der Waals surface area contributed by atoms with Crippen molar-refractivity contribution < 1.29 is 17.5 Å². The average Bonchev–Trinajstić information content (AvgIpc) is 2.83. The molecule has 0 unspecified atom stereocenters. The zero-order valence-electron chi connectivity index (χ0n) is 10.8. The van der Waals surface area contributed by atoms with E-state index in [4.69, 9.17) is 9.88 Å². The van der Waals surface area contributed by atoms with E-state index in [-0.39, 0.29) is 17.3 Å². The zero-order chi connectivity index (χ0) is 14.8. The Labute approximate surface area is 116 Å². The summed E-state index contributed by atoms with van der Waals surface area (Å²) < 4.78 is 43.0. The van der Waals surface area contributed by atoms with E-state index in [9.17, 15) is 12.8 Å². The Morgan fingerprint density at radius 3 is 2.80 bits per heavy atom. The fourth-order valence-corrected chi connectivity index (χ4v) is 2.21. The fourth-order valence-electron chi connectivity index (χ4n) is 1.69. The van der Waals surface area contributed by atoms with Gasteiger partial charge in [0.25, 0.3) is 0 Å². The van der Waals surface area contributed by atoms with Gasteiger partial charge in [0.05, 0.1) is 4.90 Å². The van der Waals surface area contributed by atoms with Crippen LogP contribution in [0.4, 0.5) is 4.39 Å². The molecule has 2 rings (SSSR count). The third-order valence-electron chi connectivity index (χ3n) is 2.73. The predicted molar refractivity (Wildman–Crippen MR) is 70.0 cm³/mol. The molecule has 0 aliphatic rings. The summed E-state index contributed by atoms with van der Waals surface area (Å²) in [6.45, 7) is 2.77. The second-order valence-electron chi connectivity index (χ2n) is 4.06. The van der Waals surface area contributed by atoms with Crippen LogP contribution in [0.2, 0.25) is 0 Å². The van der Waals surface area contributed by atoms with E-state index >= 15 is 0 Å². The largest absolute Gasteiger partial charge is 0.483 e. The highest BCUT2D eigenvalue weighted by molar-refractivity contribution is 7.89. The average molecular weight is 299 g/mol. The number of aromatic nitrogens is 2. The van der Waals surface area contributed by atoms with Gasteiger partial charge in [-0.25, -0.2) is 22.9 Å². The van der Waals surface area contributed by atoms with Gasteiger partial charge in [0.15, 0.2) is 11.6 Å². The molecule has 20 heavy (non-hydrogen) atoms. The van der Waals surface area contributed by atoms with Crippen LogP contribution in [0, 0.1) is 5.82 Å². The molecular formula is C12H14FN3O3S. The van der Waals surface area contributed by atoms with E-state index in [1.54, 1.807) is 12.4 Å². The van der Waals surface area contributed by atoms with Gasteiger partial charge >= 0.3 is 0 Å². The minimum atomic E-state index is -3.92. The number of halogens is 1. The maximum absolute atomic E-state index is 13.7. The molecule has 0 spiro atoms. The summed E-state index contributed by atoms with van der Waals surface area (Å²) >= 11 is 0. The van der Waals surface area contributed by atoms with Crippen molar-refractivity contribution in [3.8, 4) is 5.75 Å². The van der Waals surface area contributed by atoms with Crippen LogP contribution in [-0.2, 0) is 23.2 Å². The van der Waals surface area contributed by atoms with Crippen molar-refractivity contribution in [3.05, 3.63) is 42.2 Å². The molecule has 6 nitrogen and oxygen atoms in total. The van der Waals surface area contributed by atoms with Crippen LogP contribution < -0.4 is 9.88 Å². The number of hydrogen-bond donors (Lipinski definition) is 1. The Morgan fingerprint density at radius 2 is 2.20 bits per heavy atom. The number of nitrogens with two attached hydrogens (primary N) is 1. The zero-order valence-corrected chi connectivity index (χ0v) is 11.6. The maximum atomic E-state index is 13.7. The van der Waals surface area contributed by atoms with Gasteiger partial charge in [-0.2, -0.15) is 0 Å². The smallest absolute Gasteiger partial charge is 0.238 e. The second kappa shape index (κ2) is 5.59.